The number of rotatable bonds is 6. The van der Waals surface area contributed by atoms with Gasteiger partial charge in [-0.15, -0.1) is 0 Å². The number of hydrogen-bond donors (Lipinski definition) is 5. The molecule has 0 aliphatic heterocycles. The molecule has 0 aliphatic carbocycles. The highest BCUT2D eigenvalue weighted by Gasteiger charge is 2.40. The van der Waals surface area contributed by atoms with Crippen molar-refractivity contribution in [1.29, 1.82) is 0 Å². The molecule has 0 heterocycles. The van der Waals surface area contributed by atoms with Crippen LogP contribution in [-0.4, -0.2) is 55.0 Å². The lowest BCUT2D eigenvalue weighted by Crippen LogP contribution is -2.42. The Morgan fingerprint density at radius 3 is 1.40 bits per heavy atom. The van der Waals surface area contributed by atoms with Crippen LogP contribution in [0.3, 0.4) is 0 Å². The Morgan fingerprint density at radius 1 is 0.950 bits per heavy atom. The molecule has 0 aromatic carbocycles. The van der Waals surface area contributed by atoms with Crippen molar-refractivity contribution in [3.63, 3.8) is 0 Å². The Morgan fingerprint density at radius 2 is 1.30 bits per heavy atom. The molecule has 0 spiro atoms. The number of aliphatic carboxylic acids is 4. The van der Waals surface area contributed by atoms with E-state index in [0.717, 1.165) is 0 Å². The fraction of sp³-hybridized carbons (Fsp3) is 0.455. The van der Waals surface area contributed by atoms with Gasteiger partial charge >= 0.3 is 23.9 Å². The van der Waals surface area contributed by atoms with Crippen molar-refractivity contribution in [2.24, 2.45) is 0 Å². The molecule has 0 bridgehead atoms. The van der Waals surface area contributed by atoms with Crippen LogP contribution in [0, 0.1) is 0 Å². The average molecular weight is 292 g/mol. The molecule has 0 saturated heterocycles. The van der Waals surface area contributed by atoms with Crippen LogP contribution in [-0.2, 0) is 19.2 Å². The second-order valence-electron chi connectivity index (χ2n) is 3.75. The molecule has 0 radical (unpaired) electrons. The summed E-state index contributed by atoms with van der Waals surface area (Å²) in [7, 11) is 0. The lowest BCUT2D eigenvalue weighted by Gasteiger charge is -2.18. The standard InChI is InChI=1S/C6H8O7.C5H8O2/c7-3(8)1-6(13,5(11)12)2-4(9)10;1-3-4(2)5(6)7/h13H,1-2H2,(H,7,8)(H,9,10)(H,11,12);3H,1-2H3,(H,6,7). The van der Waals surface area contributed by atoms with Crippen molar-refractivity contribution in [2.45, 2.75) is 32.3 Å². The normalized spacial score (nSPS) is 11.1. The zero-order valence-corrected chi connectivity index (χ0v) is 10.9. The van der Waals surface area contributed by atoms with Crippen LogP contribution < -0.4 is 0 Å². The molecular formula is C11H16O9. The second kappa shape index (κ2) is 8.64. The van der Waals surface area contributed by atoms with Gasteiger partial charge in [0.05, 0.1) is 12.8 Å². The molecule has 0 amide bonds. The Labute approximate surface area is 113 Å². The molecule has 0 aromatic rings. The van der Waals surface area contributed by atoms with Gasteiger partial charge in [-0.05, 0) is 13.8 Å². The summed E-state index contributed by atoms with van der Waals surface area (Å²) in [6.45, 7) is 3.26. The third-order valence-corrected chi connectivity index (χ3v) is 2.06. The van der Waals surface area contributed by atoms with Gasteiger partial charge in [-0.1, -0.05) is 6.08 Å². The maximum atomic E-state index is 10.3. The van der Waals surface area contributed by atoms with E-state index < -0.39 is 42.3 Å². The van der Waals surface area contributed by atoms with E-state index in [4.69, 9.17) is 25.5 Å². The van der Waals surface area contributed by atoms with Crippen LogP contribution in [0.5, 0.6) is 0 Å². The zero-order chi connectivity index (χ0) is 16.5. The summed E-state index contributed by atoms with van der Waals surface area (Å²) in [4.78, 5) is 40.3. The number of aliphatic hydroxyl groups is 1. The van der Waals surface area contributed by atoms with Gasteiger partial charge in [-0.3, -0.25) is 9.59 Å². The third-order valence-electron chi connectivity index (χ3n) is 2.06. The summed E-state index contributed by atoms with van der Waals surface area (Å²) in [5, 5.41) is 41.9. The van der Waals surface area contributed by atoms with Gasteiger partial charge in [0.2, 0.25) is 0 Å². The summed E-state index contributed by atoms with van der Waals surface area (Å²) in [6.07, 6.45) is -0.731. The van der Waals surface area contributed by atoms with E-state index in [1.165, 1.54) is 0 Å². The van der Waals surface area contributed by atoms with Crippen LogP contribution in [0.15, 0.2) is 11.6 Å². The van der Waals surface area contributed by atoms with Crippen LogP contribution in [0.4, 0.5) is 0 Å². The molecular weight excluding hydrogens is 276 g/mol. The second-order valence-corrected chi connectivity index (χ2v) is 3.75. The summed E-state index contributed by atoms with van der Waals surface area (Å²) in [6, 6.07) is 0. The monoisotopic (exact) mass is 292 g/mol. The average Bonchev–Trinajstić information content (AvgIpc) is 2.26. The van der Waals surface area contributed by atoms with E-state index in [9.17, 15) is 19.2 Å². The van der Waals surface area contributed by atoms with Gasteiger partial charge in [0.1, 0.15) is 0 Å². The largest absolute Gasteiger partial charge is 0.481 e. The first kappa shape index (κ1) is 19.9. The summed E-state index contributed by atoms with van der Waals surface area (Å²) in [5.74, 6) is -5.86. The molecule has 0 unspecified atom stereocenters. The van der Waals surface area contributed by atoms with E-state index in [-0.39, 0.29) is 0 Å². The number of hydrogen-bond acceptors (Lipinski definition) is 5. The van der Waals surface area contributed by atoms with E-state index in [2.05, 4.69) is 0 Å². The third kappa shape index (κ3) is 8.64. The van der Waals surface area contributed by atoms with Crippen molar-refractivity contribution >= 4 is 23.9 Å². The van der Waals surface area contributed by atoms with Crippen molar-refractivity contribution in [3.8, 4) is 0 Å². The van der Waals surface area contributed by atoms with Crippen LogP contribution >= 0.6 is 0 Å². The number of carboxylic acid groups (broad SMARTS) is 4. The highest BCUT2D eigenvalue weighted by Crippen LogP contribution is 2.15. The molecule has 5 N–H and O–H groups in total. The smallest absolute Gasteiger partial charge is 0.336 e. The highest BCUT2D eigenvalue weighted by atomic mass is 16.4. The first-order valence-corrected chi connectivity index (χ1v) is 5.21. The summed E-state index contributed by atoms with van der Waals surface area (Å²) in [5.41, 5.74) is -2.35. The van der Waals surface area contributed by atoms with Gasteiger partial charge in [0.15, 0.2) is 5.60 Å². The number of carboxylic acids is 4. The Balaban J connectivity index is 0. The maximum Gasteiger partial charge on any atom is 0.336 e. The van der Waals surface area contributed by atoms with E-state index in [1.54, 1.807) is 19.9 Å². The fourth-order valence-electron chi connectivity index (χ4n) is 0.838. The quantitative estimate of drug-likeness (QED) is 0.415. The first-order valence-electron chi connectivity index (χ1n) is 5.21. The molecule has 114 valence electrons. The topological polar surface area (TPSA) is 169 Å². The number of allylic oxidation sites excluding steroid dienone is 1. The van der Waals surface area contributed by atoms with Crippen LogP contribution in [0.2, 0.25) is 0 Å². The highest BCUT2D eigenvalue weighted by molar-refractivity contribution is 5.88. The van der Waals surface area contributed by atoms with Crippen molar-refractivity contribution in [3.05, 3.63) is 11.6 Å². The first-order chi connectivity index (χ1) is 8.96. The molecule has 0 aromatic heterocycles. The minimum absolute atomic E-state index is 0.389. The van der Waals surface area contributed by atoms with Crippen LogP contribution in [0.1, 0.15) is 26.7 Å². The van der Waals surface area contributed by atoms with Gasteiger partial charge in [0, 0.05) is 5.57 Å². The maximum absolute atomic E-state index is 10.3. The van der Waals surface area contributed by atoms with Gasteiger partial charge in [0.25, 0.3) is 0 Å². The lowest BCUT2D eigenvalue weighted by atomic mass is 9.96. The Bertz CT molecular complexity index is 406. The van der Waals surface area contributed by atoms with Gasteiger partial charge < -0.3 is 25.5 Å². The molecule has 9 nitrogen and oxygen atoms in total. The van der Waals surface area contributed by atoms with Crippen molar-refractivity contribution < 1.29 is 44.7 Å². The molecule has 0 atom stereocenters. The molecule has 0 rings (SSSR count). The predicted molar refractivity (Wildman–Crippen MR) is 64.2 cm³/mol. The van der Waals surface area contributed by atoms with E-state index >= 15 is 0 Å². The lowest BCUT2D eigenvalue weighted by molar-refractivity contribution is -0.170. The zero-order valence-electron chi connectivity index (χ0n) is 10.9. The number of carbonyl (C=O) groups is 4. The molecule has 20 heavy (non-hydrogen) atoms. The summed E-state index contributed by atoms with van der Waals surface area (Å²) >= 11 is 0. The van der Waals surface area contributed by atoms with Gasteiger partial charge in [-0.25, -0.2) is 9.59 Å². The van der Waals surface area contributed by atoms with Gasteiger partial charge in [-0.2, -0.15) is 0 Å². The van der Waals surface area contributed by atoms with Crippen molar-refractivity contribution in [1.82, 2.24) is 0 Å². The molecule has 0 fully saturated rings. The Kier molecular flexibility index (Phi) is 8.60. The summed E-state index contributed by atoms with van der Waals surface area (Å²) < 4.78 is 0. The van der Waals surface area contributed by atoms with Crippen molar-refractivity contribution in [2.75, 3.05) is 0 Å². The fourth-order valence-corrected chi connectivity index (χ4v) is 0.838. The SMILES string of the molecule is CC=C(C)C(=O)O.O=C(O)CC(O)(CC(=O)O)C(=O)O. The Hall–Kier alpha value is -2.42. The van der Waals surface area contributed by atoms with E-state index in [0.29, 0.717) is 5.57 Å². The van der Waals surface area contributed by atoms with E-state index in [1.807, 2.05) is 0 Å². The predicted octanol–water partition coefficient (Wildman–Crippen LogP) is -0.211. The minimum atomic E-state index is -2.74. The van der Waals surface area contributed by atoms with Crippen LogP contribution in [0.25, 0.3) is 0 Å². The minimum Gasteiger partial charge on any atom is -0.481 e. The molecule has 9 heteroatoms. The molecule has 0 saturated carbocycles. The molecule has 0 aliphatic rings.